The topological polar surface area (TPSA) is 15.6 Å². The lowest BCUT2D eigenvalue weighted by Gasteiger charge is -2.06. The molecule has 0 aromatic rings. The Hall–Kier alpha value is -0.370. The molecule has 0 rings (SSSR count). The van der Waals surface area contributed by atoms with E-state index in [1.165, 1.54) is 19.4 Å². The van der Waals surface area contributed by atoms with E-state index < -0.39 is 0 Å². The van der Waals surface area contributed by atoms with Crippen LogP contribution in [0.2, 0.25) is 0 Å². The summed E-state index contributed by atoms with van der Waals surface area (Å²) in [5.74, 6) is 0. The van der Waals surface area contributed by atoms with Gasteiger partial charge in [0.25, 0.3) is 0 Å². The van der Waals surface area contributed by atoms with Gasteiger partial charge in [0.05, 0.1) is 0 Å². The van der Waals surface area contributed by atoms with Gasteiger partial charge in [0, 0.05) is 7.05 Å². The number of hydrogen-bond acceptors (Lipinski definition) is 2. The van der Waals surface area contributed by atoms with Gasteiger partial charge in [-0.05, 0) is 46.1 Å². The first-order valence-corrected chi connectivity index (χ1v) is 3.82. The molecule has 0 unspecified atom stereocenters. The highest BCUT2D eigenvalue weighted by Crippen LogP contribution is 1.93. The maximum absolute atomic E-state index is 3.91. The first-order valence-electron chi connectivity index (χ1n) is 3.82. The van der Waals surface area contributed by atoms with Gasteiger partial charge < -0.3 is 9.89 Å². The molecule has 0 spiro atoms. The summed E-state index contributed by atoms with van der Waals surface area (Å²) in [6, 6.07) is 0. The van der Waals surface area contributed by atoms with Crippen LogP contribution in [0.15, 0.2) is 4.99 Å². The second-order valence-corrected chi connectivity index (χ2v) is 2.74. The summed E-state index contributed by atoms with van der Waals surface area (Å²) in [4.78, 5) is 6.13. The first-order chi connectivity index (χ1) is 4.77. The van der Waals surface area contributed by atoms with Crippen LogP contribution in [0.25, 0.3) is 0 Å². The van der Waals surface area contributed by atoms with E-state index in [4.69, 9.17) is 0 Å². The van der Waals surface area contributed by atoms with Crippen LogP contribution in [0.4, 0.5) is 0 Å². The molecule has 0 radical (unpaired) electrons. The Kier molecular flexibility index (Phi) is 6.50. The Morgan fingerprint density at radius 2 is 2.00 bits per heavy atom. The van der Waals surface area contributed by atoms with E-state index in [2.05, 4.69) is 24.0 Å². The number of aliphatic imine (C=N–C) groups is 1. The van der Waals surface area contributed by atoms with E-state index in [0.717, 1.165) is 6.42 Å². The van der Waals surface area contributed by atoms with Gasteiger partial charge in [-0.15, -0.1) is 0 Å². The van der Waals surface area contributed by atoms with Crippen molar-refractivity contribution in [2.75, 3.05) is 27.7 Å². The molecule has 2 heteroatoms. The van der Waals surface area contributed by atoms with E-state index in [0.29, 0.717) is 0 Å². The van der Waals surface area contributed by atoms with Crippen LogP contribution in [-0.4, -0.2) is 38.8 Å². The quantitative estimate of drug-likeness (QED) is 0.418. The fraction of sp³-hybridized carbons (Fsp3) is 0.875. The maximum atomic E-state index is 3.91. The van der Waals surface area contributed by atoms with Crippen LogP contribution in [0.3, 0.4) is 0 Å². The lowest BCUT2D eigenvalue weighted by molar-refractivity contribution is 0.396. The Morgan fingerprint density at radius 1 is 1.30 bits per heavy atom. The lowest BCUT2D eigenvalue weighted by atomic mass is 10.2. The molecule has 0 aliphatic rings. The third-order valence-electron chi connectivity index (χ3n) is 1.37. The van der Waals surface area contributed by atoms with Crippen molar-refractivity contribution in [2.24, 2.45) is 4.99 Å². The third-order valence-corrected chi connectivity index (χ3v) is 1.37. The van der Waals surface area contributed by atoms with Gasteiger partial charge in [-0.3, -0.25) is 0 Å². The van der Waals surface area contributed by atoms with Crippen molar-refractivity contribution in [1.29, 1.82) is 0 Å². The molecule has 60 valence electrons. The van der Waals surface area contributed by atoms with Crippen LogP contribution in [-0.2, 0) is 0 Å². The van der Waals surface area contributed by atoms with Gasteiger partial charge in [0.2, 0.25) is 0 Å². The molecular formula is C8H18N2. The summed E-state index contributed by atoms with van der Waals surface area (Å²) in [5.41, 5.74) is 0. The summed E-state index contributed by atoms with van der Waals surface area (Å²) < 4.78 is 0. The Morgan fingerprint density at radius 3 is 2.50 bits per heavy atom. The van der Waals surface area contributed by atoms with Crippen LogP contribution in [0, 0.1) is 0 Å². The summed E-state index contributed by atoms with van der Waals surface area (Å²) in [6.07, 6.45) is 5.65. The molecule has 0 atom stereocenters. The van der Waals surface area contributed by atoms with E-state index >= 15 is 0 Å². The fourth-order valence-corrected chi connectivity index (χ4v) is 0.793. The third kappa shape index (κ3) is 7.63. The van der Waals surface area contributed by atoms with Gasteiger partial charge in [-0.1, -0.05) is 0 Å². The second kappa shape index (κ2) is 6.75. The van der Waals surface area contributed by atoms with Crippen LogP contribution in [0.1, 0.15) is 19.3 Å². The second-order valence-electron chi connectivity index (χ2n) is 2.74. The molecule has 0 fully saturated rings. The van der Waals surface area contributed by atoms with Crippen LogP contribution < -0.4 is 0 Å². The Labute approximate surface area is 63.9 Å². The summed E-state index contributed by atoms with van der Waals surface area (Å²) in [7, 11) is 6.04. The minimum atomic E-state index is 1.13. The zero-order chi connectivity index (χ0) is 7.82. The standard InChI is InChI=1S/C8H18N2/c1-9-7-5-4-6-8-10(2)3/h7H,4-6,8H2,1-3H3. The zero-order valence-electron chi connectivity index (χ0n) is 7.30. The molecule has 0 heterocycles. The average molecular weight is 142 g/mol. The van der Waals surface area contributed by atoms with Crippen molar-refractivity contribution in [2.45, 2.75) is 19.3 Å². The normalized spacial score (nSPS) is 11.6. The predicted molar refractivity (Wildman–Crippen MR) is 46.8 cm³/mol. The van der Waals surface area contributed by atoms with Crippen molar-refractivity contribution in [3.05, 3.63) is 0 Å². The Balaban J connectivity index is 2.91. The minimum Gasteiger partial charge on any atom is -0.309 e. The highest BCUT2D eigenvalue weighted by Gasteiger charge is 1.88. The molecule has 0 saturated heterocycles. The molecule has 0 bridgehead atoms. The molecule has 0 aliphatic carbocycles. The predicted octanol–water partition coefficient (Wildman–Crippen LogP) is 1.42. The minimum absolute atomic E-state index is 1.13. The molecule has 0 amide bonds. The highest BCUT2D eigenvalue weighted by molar-refractivity contribution is 5.56. The van der Waals surface area contributed by atoms with Crippen molar-refractivity contribution in [3.63, 3.8) is 0 Å². The lowest BCUT2D eigenvalue weighted by Crippen LogP contribution is -2.12. The number of unbranched alkanes of at least 4 members (excludes halogenated alkanes) is 2. The van der Waals surface area contributed by atoms with E-state index in [1.54, 1.807) is 0 Å². The van der Waals surface area contributed by atoms with E-state index in [1.807, 2.05) is 13.3 Å². The molecule has 0 aliphatic heterocycles. The molecule has 10 heavy (non-hydrogen) atoms. The van der Waals surface area contributed by atoms with Gasteiger partial charge in [-0.25, -0.2) is 0 Å². The molecule has 0 N–H and O–H groups in total. The number of nitrogens with zero attached hydrogens (tertiary/aromatic N) is 2. The number of hydrogen-bond donors (Lipinski definition) is 0. The highest BCUT2D eigenvalue weighted by atomic mass is 15.0. The SMILES string of the molecule is CN=CCCCCN(C)C. The first kappa shape index (κ1) is 9.63. The number of rotatable bonds is 5. The van der Waals surface area contributed by atoms with Crippen LogP contribution in [0.5, 0.6) is 0 Å². The molecule has 0 aromatic heterocycles. The molecule has 0 saturated carbocycles. The average Bonchev–Trinajstić information content (AvgIpc) is 1.87. The van der Waals surface area contributed by atoms with Gasteiger partial charge >= 0.3 is 0 Å². The smallest absolute Gasteiger partial charge is 0.0273 e. The Bertz CT molecular complexity index is 87.3. The van der Waals surface area contributed by atoms with Crippen molar-refractivity contribution >= 4 is 6.21 Å². The van der Waals surface area contributed by atoms with Crippen molar-refractivity contribution < 1.29 is 0 Å². The monoisotopic (exact) mass is 142 g/mol. The molecular weight excluding hydrogens is 124 g/mol. The largest absolute Gasteiger partial charge is 0.309 e. The van der Waals surface area contributed by atoms with Crippen LogP contribution >= 0.6 is 0 Å². The van der Waals surface area contributed by atoms with E-state index in [9.17, 15) is 0 Å². The van der Waals surface area contributed by atoms with Gasteiger partial charge in [0.15, 0.2) is 0 Å². The maximum Gasteiger partial charge on any atom is 0.0273 e. The molecule has 0 aromatic carbocycles. The summed E-state index contributed by atoms with van der Waals surface area (Å²) in [5, 5.41) is 0. The summed E-state index contributed by atoms with van der Waals surface area (Å²) >= 11 is 0. The summed E-state index contributed by atoms with van der Waals surface area (Å²) in [6.45, 7) is 1.19. The van der Waals surface area contributed by atoms with Crippen molar-refractivity contribution in [1.82, 2.24) is 4.90 Å². The zero-order valence-corrected chi connectivity index (χ0v) is 7.30. The van der Waals surface area contributed by atoms with E-state index in [-0.39, 0.29) is 0 Å². The fourth-order valence-electron chi connectivity index (χ4n) is 0.793. The van der Waals surface area contributed by atoms with Gasteiger partial charge in [-0.2, -0.15) is 0 Å². The van der Waals surface area contributed by atoms with Gasteiger partial charge in [0.1, 0.15) is 0 Å². The molecule has 2 nitrogen and oxygen atoms in total. The van der Waals surface area contributed by atoms with Crippen molar-refractivity contribution in [3.8, 4) is 0 Å².